The zero-order valence-electron chi connectivity index (χ0n) is 35.6. The van der Waals surface area contributed by atoms with Crippen LogP contribution in [0.15, 0.2) is 109 Å². The predicted octanol–water partition coefficient (Wildman–Crippen LogP) is 11.4. The van der Waals surface area contributed by atoms with Gasteiger partial charge in [0, 0.05) is 19.4 Å². The summed E-state index contributed by atoms with van der Waals surface area (Å²) in [6.45, 7) is 3.38. The molecular formula is C47H76NO9P. The van der Waals surface area contributed by atoms with Crippen molar-refractivity contribution in [3.05, 3.63) is 109 Å². The maximum absolute atomic E-state index is 12.6. The van der Waals surface area contributed by atoms with E-state index in [-0.39, 0.29) is 38.7 Å². The molecule has 0 spiro atoms. The van der Waals surface area contributed by atoms with Crippen molar-refractivity contribution >= 4 is 19.8 Å². The maximum atomic E-state index is 12.6. The summed E-state index contributed by atoms with van der Waals surface area (Å²) in [5, 5.41) is 9.89. The van der Waals surface area contributed by atoms with E-state index in [0.29, 0.717) is 19.3 Å². The molecule has 0 heterocycles. The molecule has 0 rings (SSSR count). The third-order valence-corrected chi connectivity index (χ3v) is 9.23. The minimum atomic E-state index is -4.43. The molecule has 0 amide bonds. The average molecular weight is 830 g/mol. The van der Waals surface area contributed by atoms with Crippen LogP contribution in [-0.2, 0) is 32.7 Å². The summed E-state index contributed by atoms with van der Waals surface area (Å²) >= 11 is 0. The Bertz CT molecular complexity index is 1330. The molecule has 0 aromatic carbocycles. The molecular weight excluding hydrogens is 753 g/mol. The summed E-state index contributed by atoms with van der Waals surface area (Å²) < 4.78 is 32.6. The quantitative estimate of drug-likeness (QED) is 0.0180. The zero-order chi connectivity index (χ0) is 42.6. The summed E-state index contributed by atoms with van der Waals surface area (Å²) in [6, 6.07) is 0. The Morgan fingerprint density at radius 3 is 1.69 bits per heavy atom. The van der Waals surface area contributed by atoms with Crippen LogP contribution in [0.5, 0.6) is 0 Å². The highest BCUT2D eigenvalue weighted by Gasteiger charge is 2.25. The highest BCUT2D eigenvalue weighted by molar-refractivity contribution is 7.47. The largest absolute Gasteiger partial charge is 0.472 e. The third-order valence-electron chi connectivity index (χ3n) is 8.25. The molecule has 1 unspecified atom stereocenters. The molecule has 58 heavy (non-hydrogen) atoms. The Kier molecular flexibility index (Phi) is 39.4. The van der Waals surface area contributed by atoms with Crippen LogP contribution in [0.3, 0.4) is 0 Å². The Morgan fingerprint density at radius 1 is 0.603 bits per heavy atom. The first-order valence-electron chi connectivity index (χ1n) is 21.5. The van der Waals surface area contributed by atoms with E-state index in [2.05, 4.69) is 74.6 Å². The lowest BCUT2D eigenvalue weighted by Crippen LogP contribution is -2.29. The number of ether oxygens (including phenoxy) is 2. The molecule has 0 aliphatic carbocycles. The number of phosphoric ester groups is 1. The van der Waals surface area contributed by atoms with Crippen LogP contribution in [0.4, 0.5) is 0 Å². The molecule has 0 aliphatic rings. The van der Waals surface area contributed by atoms with Gasteiger partial charge in [-0.25, -0.2) is 4.57 Å². The lowest BCUT2D eigenvalue weighted by molar-refractivity contribution is -0.161. The SMILES string of the molecule is CCCCC/C=C\C/C=C\C/C=C\C/C=C\C/C=C\CCC(=O)OC[C@H](COP(=O)(O)OCCN)OC(=O)CCC/C=C\C/C=C\C/C=C\C=C\[C@@H](O)CCCCC. The van der Waals surface area contributed by atoms with E-state index in [1.165, 1.54) is 25.7 Å². The normalized spacial score (nSPS) is 14.9. The van der Waals surface area contributed by atoms with E-state index in [1.54, 1.807) is 0 Å². The van der Waals surface area contributed by atoms with Gasteiger partial charge in [-0.05, 0) is 77.0 Å². The lowest BCUT2D eigenvalue weighted by Gasteiger charge is -2.19. The number of esters is 2. The van der Waals surface area contributed by atoms with Crippen molar-refractivity contribution in [3.8, 4) is 0 Å². The van der Waals surface area contributed by atoms with Crippen LogP contribution in [0, 0.1) is 0 Å². The summed E-state index contributed by atoms with van der Waals surface area (Å²) in [4.78, 5) is 34.8. The molecule has 11 heteroatoms. The van der Waals surface area contributed by atoms with Gasteiger partial charge in [0.25, 0.3) is 0 Å². The highest BCUT2D eigenvalue weighted by atomic mass is 31.2. The van der Waals surface area contributed by atoms with Crippen LogP contribution in [-0.4, -0.2) is 60.5 Å². The molecule has 10 nitrogen and oxygen atoms in total. The number of carbonyl (C=O) groups is 2. The molecule has 0 bridgehead atoms. The molecule has 0 aromatic rings. The second kappa shape index (κ2) is 41.8. The number of hydrogen-bond acceptors (Lipinski definition) is 9. The van der Waals surface area contributed by atoms with Gasteiger partial charge >= 0.3 is 19.8 Å². The second-order valence-electron chi connectivity index (χ2n) is 13.7. The van der Waals surface area contributed by atoms with Crippen molar-refractivity contribution in [3.63, 3.8) is 0 Å². The van der Waals surface area contributed by atoms with Crippen LogP contribution in [0.1, 0.15) is 136 Å². The van der Waals surface area contributed by atoms with Gasteiger partial charge in [-0.3, -0.25) is 18.6 Å². The monoisotopic (exact) mass is 830 g/mol. The molecule has 3 atom stereocenters. The predicted molar refractivity (Wildman–Crippen MR) is 239 cm³/mol. The Labute approximate surface area is 351 Å². The number of allylic oxidation sites excluding steroid dienone is 17. The van der Waals surface area contributed by atoms with E-state index in [1.807, 2.05) is 48.6 Å². The number of aliphatic hydroxyl groups excluding tert-OH is 1. The van der Waals surface area contributed by atoms with Gasteiger partial charge in [0.1, 0.15) is 6.61 Å². The Hall–Kier alpha value is -3.37. The minimum absolute atomic E-state index is 0.0215. The molecule has 0 fully saturated rings. The van der Waals surface area contributed by atoms with Gasteiger partial charge in [-0.15, -0.1) is 0 Å². The number of rotatable bonds is 38. The van der Waals surface area contributed by atoms with E-state index >= 15 is 0 Å². The van der Waals surface area contributed by atoms with Crippen molar-refractivity contribution in [2.24, 2.45) is 5.73 Å². The number of carbonyl (C=O) groups excluding carboxylic acids is 2. The van der Waals surface area contributed by atoms with Crippen LogP contribution in [0.2, 0.25) is 0 Å². The van der Waals surface area contributed by atoms with E-state index in [0.717, 1.165) is 64.2 Å². The molecule has 0 aliphatic heterocycles. The first-order valence-corrected chi connectivity index (χ1v) is 23.0. The summed E-state index contributed by atoms with van der Waals surface area (Å²) in [6.07, 6.45) is 51.8. The number of nitrogens with two attached hydrogens (primary N) is 1. The third kappa shape index (κ3) is 40.8. The summed E-state index contributed by atoms with van der Waals surface area (Å²) in [5.41, 5.74) is 5.33. The van der Waals surface area contributed by atoms with Gasteiger partial charge in [-0.2, -0.15) is 0 Å². The number of hydrogen-bond donors (Lipinski definition) is 3. The van der Waals surface area contributed by atoms with Crippen molar-refractivity contribution < 1.29 is 42.7 Å². The van der Waals surface area contributed by atoms with E-state index < -0.39 is 32.5 Å². The second-order valence-corrected chi connectivity index (χ2v) is 15.2. The van der Waals surface area contributed by atoms with Crippen LogP contribution >= 0.6 is 7.82 Å². The summed E-state index contributed by atoms with van der Waals surface area (Å²) in [5.74, 6) is -1.03. The van der Waals surface area contributed by atoms with E-state index in [4.69, 9.17) is 24.3 Å². The van der Waals surface area contributed by atoms with Crippen LogP contribution < -0.4 is 5.73 Å². The van der Waals surface area contributed by atoms with Gasteiger partial charge in [0.2, 0.25) is 0 Å². The average Bonchev–Trinajstić information content (AvgIpc) is 3.20. The lowest BCUT2D eigenvalue weighted by atomic mass is 10.1. The minimum Gasteiger partial charge on any atom is -0.462 e. The molecule has 0 saturated heterocycles. The summed E-state index contributed by atoms with van der Waals surface area (Å²) in [7, 11) is -4.43. The smallest absolute Gasteiger partial charge is 0.462 e. The van der Waals surface area contributed by atoms with Crippen molar-refractivity contribution in [1.29, 1.82) is 0 Å². The zero-order valence-corrected chi connectivity index (χ0v) is 36.5. The fourth-order valence-corrected chi connectivity index (χ4v) is 5.78. The fourth-order valence-electron chi connectivity index (χ4n) is 5.01. The Balaban J connectivity index is 4.45. The van der Waals surface area contributed by atoms with Gasteiger partial charge in [-0.1, -0.05) is 155 Å². The topological polar surface area (TPSA) is 155 Å². The molecule has 0 radical (unpaired) electrons. The number of aliphatic hydroxyl groups is 1. The first kappa shape index (κ1) is 54.6. The first-order chi connectivity index (χ1) is 28.2. The van der Waals surface area contributed by atoms with Gasteiger partial charge in [0.05, 0.1) is 19.3 Å². The standard InChI is InChI=1S/C47H76NO9P/c1-3-5-7-8-9-10-11-12-13-14-15-16-17-18-21-24-27-30-34-38-46(50)54-42-45(43-56-58(52,53)55-41-40-48)57-47(51)39-35-31-28-25-22-19-20-23-26-29-33-37-44(49)36-32-6-4-2/h9-10,12-13,15-16,18-21,25-30,33,37,44-45,49H,3-8,11,14,17,22-24,31-32,34-36,38-43,48H2,1-2H3,(H,52,53)/b10-9-,13-12-,16-15-,20-19-,21-18-,28-25-,29-26-,30-27-,37-33+/t44-,45+/m0/s1. The Morgan fingerprint density at radius 2 is 1.12 bits per heavy atom. The number of unbranched alkanes of at least 4 members (excludes halogenated alkanes) is 6. The van der Waals surface area contributed by atoms with Crippen molar-refractivity contribution in [2.75, 3.05) is 26.4 Å². The van der Waals surface area contributed by atoms with Gasteiger partial charge in [0.15, 0.2) is 6.10 Å². The van der Waals surface area contributed by atoms with E-state index in [9.17, 15) is 24.2 Å². The van der Waals surface area contributed by atoms with Crippen LogP contribution in [0.25, 0.3) is 0 Å². The van der Waals surface area contributed by atoms with Crippen molar-refractivity contribution in [1.82, 2.24) is 0 Å². The molecule has 4 N–H and O–H groups in total. The number of phosphoric acid groups is 1. The molecule has 0 aromatic heterocycles. The highest BCUT2D eigenvalue weighted by Crippen LogP contribution is 2.43. The fraction of sp³-hybridized carbons (Fsp3) is 0.574. The molecule has 0 saturated carbocycles. The van der Waals surface area contributed by atoms with Gasteiger partial charge < -0.3 is 25.2 Å². The maximum Gasteiger partial charge on any atom is 0.472 e. The molecule has 328 valence electrons. The van der Waals surface area contributed by atoms with Crippen molar-refractivity contribution in [2.45, 2.75) is 148 Å².